The molecule has 3 aliphatic carbocycles. The van der Waals surface area contributed by atoms with Gasteiger partial charge in [0.25, 0.3) is 0 Å². The molecular formula is C24H25F2N3O2. The van der Waals surface area contributed by atoms with E-state index in [-0.39, 0.29) is 28.5 Å². The highest BCUT2D eigenvalue weighted by Gasteiger charge is 2.70. The van der Waals surface area contributed by atoms with Gasteiger partial charge in [0.15, 0.2) is 0 Å². The number of rotatable bonds is 6. The van der Waals surface area contributed by atoms with Gasteiger partial charge in [-0.25, -0.2) is 8.78 Å². The summed E-state index contributed by atoms with van der Waals surface area (Å²) in [6.07, 6.45) is 1.99. The van der Waals surface area contributed by atoms with E-state index in [4.69, 9.17) is 10.5 Å². The predicted molar refractivity (Wildman–Crippen MR) is 111 cm³/mol. The zero-order valence-corrected chi connectivity index (χ0v) is 17.6. The molecule has 2 saturated carbocycles. The van der Waals surface area contributed by atoms with E-state index in [1.165, 1.54) is 18.2 Å². The van der Waals surface area contributed by atoms with Crippen molar-refractivity contribution in [3.8, 4) is 11.3 Å². The van der Waals surface area contributed by atoms with Crippen LogP contribution in [-0.2, 0) is 15.1 Å². The van der Waals surface area contributed by atoms with Gasteiger partial charge in [-0.1, -0.05) is 32.9 Å². The van der Waals surface area contributed by atoms with Crippen LogP contribution in [0.5, 0.6) is 0 Å². The average molecular weight is 425 g/mol. The van der Waals surface area contributed by atoms with Gasteiger partial charge in [-0.05, 0) is 65.8 Å². The molecule has 2 N–H and O–H groups in total. The molecule has 162 valence electrons. The summed E-state index contributed by atoms with van der Waals surface area (Å²) in [5, 5.41) is 8.63. The van der Waals surface area contributed by atoms with Crippen molar-refractivity contribution in [1.29, 1.82) is 0 Å². The van der Waals surface area contributed by atoms with Crippen molar-refractivity contribution >= 4 is 5.91 Å². The summed E-state index contributed by atoms with van der Waals surface area (Å²) in [5.74, 6) is -1.42. The minimum atomic E-state index is -0.962. The van der Waals surface area contributed by atoms with E-state index in [2.05, 4.69) is 23.7 Å². The van der Waals surface area contributed by atoms with Gasteiger partial charge in [-0.3, -0.25) is 4.79 Å². The SMILES string of the molecule is C=C1C2(C)C[C@@H]3c4cc(-c5c(F)cccc5F)nnc4[C@@]1(O[C@@H](CCC)C(N)=O)CC32. The van der Waals surface area contributed by atoms with Crippen molar-refractivity contribution in [3.05, 3.63) is 59.3 Å². The number of carbonyl (C=O) groups is 1. The first-order valence-electron chi connectivity index (χ1n) is 10.7. The van der Waals surface area contributed by atoms with Crippen LogP contribution in [0.1, 0.15) is 56.7 Å². The maximum Gasteiger partial charge on any atom is 0.246 e. The molecule has 1 aromatic heterocycles. The van der Waals surface area contributed by atoms with Gasteiger partial charge in [0.05, 0.1) is 11.3 Å². The van der Waals surface area contributed by atoms with Crippen LogP contribution in [-0.4, -0.2) is 22.2 Å². The van der Waals surface area contributed by atoms with Crippen molar-refractivity contribution in [2.75, 3.05) is 0 Å². The Bertz CT molecular complexity index is 1100. The Morgan fingerprint density at radius 1 is 1.32 bits per heavy atom. The van der Waals surface area contributed by atoms with Crippen LogP contribution in [0.25, 0.3) is 11.3 Å². The predicted octanol–water partition coefficient (Wildman–Crippen LogP) is 4.37. The summed E-state index contributed by atoms with van der Waals surface area (Å²) in [6.45, 7) is 8.50. The van der Waals surface area contributed by atoms with Crippen LogP contribution in [0.3, 0.4) is 0 Å². The van der Waals surface area contributed by atoms with Gasteiger partial charge in [0.1, 0.15) is 29.0 Å². The molecule has 1 aromatic carbocycles. The zero-order valence-electron chi connectivity index (χ0n) is 17.6. The summed E-state index contributed by atoms with van der Waals surface area (Å²) < 4.78 is 35.2. The molecule has 0 radical (unpaired) electrons. The molecular weight excluding hydrogens is 400 g/mol. The summed E-state index contributed by atoms with van der Waals surface area (Å²) in [7, 11) is 0. The fraction of sp³-hybridized carbons (Fsp3) is 0.458. The lowest BCUT2D eigenvalue weighted by Crippen LogP contribution is -2.43. The Kier molecular flexibility index (Phi) is 4.35. The quantitative estimate of drug-likeness (QED) is 0.697. The molecule has 0 saturated heterocycles. The number of benzene rings is 1. The van der Waals surface area contributed by atoms with Crippen LogP contribution in [0.4, 0.5) is 8.78 Å². The molecule has 1 amide bonds. The van der Waals surface area contributed by atoms with E-state index in [1.807, 2.05) is 6.92 Å². The number of primary amides is 1. The highest BCUT2D eigenvalue weighted by molar-refractivity contribution is 5.79. The van der Waals surface area contributed by atoms with Crippen LogP contribution in [0, 0.1) is 23.0 Å². The zero-order chi connectivity index (χ0) is 22.1. The van der Waals surface area contributed by atoms with Gasteiger partial charge < -0.3 is 10.5 Å². The Labute approximate surface area is 179 Å². The molecule has 7 heteroatoms. The Hall–Kier alpha value is -2.67. The largest absolute Gasteiger partial charge is 0.367 e. The minimum Gasteiger partial charge on any atom is -0.367 e. The number of hydrogen-bond acceptors (Lipinski definition) is 4. The summed E-state index contributed by atoms with van der Waals surface area (Å²) >= 11 is 0. The van der Waals surface area contributed by atoms with E-state index in [0.29, 0.717) is 18.5 Å². The Morgan fingerprint density at radius 3 is 2.68 bits per heavy atom. The standard InChI is InChI=1S/C24H25F2N3O2/c1-4-6-19(22(27)30)31-24-11-15-14(10-23(15,3)12(24)2)13-9-18(28-29-21(13)24)20-16(25)7-5-8-17(20)26/h5,7-9,14-15,19H,2,4,6,10-11H2,1,3H3,(H2,27,30)/t14-,15?,19+,23?,24-/m1/s1. The lowest BCUT2D eigenvalue weighted by Gasteiger charge is -2.50. The number of hydrogen-bond donors (Lipinski definition) is 1. The maximum atomic E-state index is 14.4. The van der Waals surface area contributed by atoms with Crippen molar-refractivity contribution in [2.45, 2.75) is 57.2 Å². The van der Waals surface area contributed by atoms with Gasteiger partial charge in [0, 0.05) is 0 Å². The van der Waals surface area contributed by atoms with Crippen molar-refractivity contribution < 1.29 is 18.3 Å². The van der Waals surface area contributed by atoms with Crippen molar-refractivity contribution in [2.24, 2.45) is 17.1 Å². The number of nitrogens with two attached hydrogens (primary N) is 1. The molecule has 31 heavy (non-hydrogen) atoms. The van der Waals surface area contributed by atoms with Crippen LogP contribution in [0.2, 0.25) is 0 Å². The molecule has 5 rings (SSSR count). The van der Waals surface area contributed by atoms with Crippen molar-refractivity contribution in [3.63, 3.8) is 0 Å². The number of carbonyl (C=O) groups excluding carboxylic acids is 1. The summed E-state index contributed by atoms with van der Waals surface area (Å²) in [5.41, 5.74) is 6.87. The van der Waals surface area contributed by atoms with E-state index in [1.54, 1.807) is 6.07 Å². The third-order valence-corrected chi connectivity index (χ3v) is 7.67. The van der Waals surface area contributed by atoms with Gasteiger partial charge >= 0.3 is 0 Å². The smallest absolute Gasteiger partial charge is 0.246 e. The molecule has 0 spiro atoms. The molecule has 2 aromatic rings. The normalized spacial score (nSPS) is 31.2. The molecule has 5 nitrogen and oxygen atoms in total. The first-order valence-corrected chi connectivity index (χ1v) is 10.7. The second kappa shape index (κ2) is 6.66. The highest BCUT2D eigenvalue weighted by Crippen LogP contribution is 2.75. The van der Waals surface area contributed by atoms with Gasteiger partial charge in [-0.2, -0.15) is 5.10 Å². The Morgan fingerprint density at radius 2 is 2.03 bits per heavy atom. The Balaban J connectivity index is 1.66. The number of aromatic nitrogens is 2. The monoisotopic (exact) mass is 425 g/mol. The molecule has 2 fully saturated rings. The molecule has 2 unspecified atom stereocenters. The second-order valence-corrected chi connectivity index (χ2v) is 9.27. The topological polar surface area (TPSA) is 78.1 Å². The number of ether oxygens (including phenoxy) is 1. The molecule has 5 atom stereocenters. The number of nitrogens with zero attached hydrogens (tertiary/aromatic N) is 2. The lowest BCUT2D eigenvalue weighted by molar-refractivity contribution is -0.143. The third kappa shape index (κ3) is 2.59. The van der Waals surface area contributed by atoms with Crippen LogP contribution < -0.4 is 5.73 Å². The van der Waals surface area contributed by atoms with E-state index < -0.39 is 29.2 Å². The fourth-order valence-corrected chi connectivity index (χ4v) is 6.02. The third-order valence-electron chi connectivity index (χ3n) is 7.67. The lowest BCUT2D eigenvalue weighted by atomic mass is 9.53. The van der Waals surface area contributed by atoms with Crippen LogP contribution in [0.15, 0.2) is 36.4 Å². The van der Waals surface area contributed by atoms with E-state index in [9.17, 15) is 13.6 Å². The van der Waals surface area contributed by atoms with Crippen LogP contribution >= 0.6 is 0 Å². The van der Waals surface area contributed by atoms with Gasteiger partial charge in [-0.15, -0.1) is 5.10 Å². The molecule has 0 aliphatic heterocycles. The first-order chi connectivity index (χ1) is 14.7. The highest BCUT2D eigenvalue weighted by atomic mass is 19.1. The van der Waals surface area contributed by atoms with Crippen molar-refractivity contribution in [1.82, 2.24) is 10.2 Å². The van der Waals surface area contributed by atoms with E-state index in [0.717, 1.165) is 24.0 Å². The molecule has 2 bridgehead atoms. The number of fused-ring (bicyclic) bond motifs is 4. The molecule has 3 aliphatic rings. The fourth-order valence-electron chi connectivity index (χ4n) is 6.02. The molecule has 1 heterocycles. The first kappa shape index (κ1) is 20.2. The number of halogens is 2. The van der Waals surface area contributed by atoms with E-state index >= 15 is 0 Å². The summed E-state index contributed by atoms with van der Waals surface area (Å²) in [6, 6.07) is 5.47. The second-order valence-electron chi connectivity index (χ2n) is 9.27. The average Bonchev–Trinajstić information content (AvgIpc) is 2.80. The summed E-state index contributed by atoms with van der Waals surface area (Å²) in [4.78, 5) is 12.1. The maximum absolute atomic E-state index is 14.4. The number of amides is 1. The van der Waals surface area contributed by atoms with Gasteiger partial charge in [0.2, 0.25) is 5.91 Å². The minimum absolute atomic E-state index is 0.136.